The number of hydrogen-bond donors (Lipinski definition) is 3. The van der Waals surface area contributed by atoms with E-state index in [-0.39, 0.29) is 12.7 Å². The molecule has 2 aromatic carbocycles. The molecule has 1 aliphatic heterocycles. The number of carbonyl (C=O) groups is 1. The van der Waals surface area contributed by atoms with E-state index in [0.29, 0.717) is 31.2 Å². The molecule has 0 saturated carbocycles. The predicted molar refractivity (Wildman–Crippen MR) is 104 cm³/mol. The van der Waals surface area contributed by atoms with Crippen molar-refractivity contribution in [3.05, 3.63) is 59.2 Å². The summed E-state index contributed by atoms with van der Waals surface area (Å²) in [5.41, 5.74) is 2.80. The van der Waals surface area contributed by atoms with E-state index in [1.807, 2.05) is 49.4 Å². The van der Waals surface area contributed by atoms with E-state index in [2.05, 4.69) is 20.9 Å². The molecule has 0 aromatic heterocycles. The topological polar surface area (TPSA) is 84.0 Å². The molecule has 7 heteroatoms. The lowest BCUT2D eigenvalue weighted by molar-refractivity contribution is 0.0956. The summed E-state index contributed by atoms with van der Waals surface area (Å²) < 4.78 is 10.7. The SMILES string of the molecule is CCNC(=O)c1ccc(CNC(=NC)NCc2ccc3c(c2)OCO3)cc1. The fraction of sp³-hybridized carbons (Fsp3) is 0.300. The highest BCUT2D eigenvalue weighted by molar-refractivity contribution is 5.94. The monoisotopic (exact) mass is 368 g/mol. The van der Waals surface area contributed by atoms with E-state index < -0.39 is 0 Å². The molecule has 0 unspecified atom stereocenters. The van der Waals surface area contributed by atoms with Crippen molar-refractivity contribution in [1.82, 2.24) is 16.0 Å². The molecule has 0 atom stereocenters. The minimum atomic E-state index is -0.0572. The first-order chi connectivity index (χ1) is 13.2. The van der Waals surface area contributed by atoms with Gasteiger partial charge in [0.2, 0.25) is 6.79 Å². The summed E-state index contributed by atoms with van der Waals surface area (Å²) in [7, 11) is 1.73. The van der Waals surface area contributed by atoms with Crippen molar-refractivity contribution in [2.45, 2.75) is 20.0 Å². The van der Waals surface area contributed by atoms with Crippen LogP contribution >= 0.6 is 0 Å². The van der Waals surface area contributed by atoms with Crippen LogP contribution in [0.5, 0.6) is 11.5 Å². The third-order valence-corrected chi connectivity index (χ3v) is 4.13. The van der Waals surface area contributed by atoms with E-state index in [9.17, 15) is 4.79 Å². The number of nitrogens with zero attached hydrogens (tertiary/aromatic N) is 1. The first-order valence-electron chi connectivity index (χ1n) is 8.89. The Morgan fingerprint density at radius 3 is 2.33 bits per heavy atom. The van der Waals surface area contributed by atoms with Crippen molar-refractivity contribution >= 4 is 11.9 Å². The predicted octanol–water partition coefficient (Wildman–Crippen LogP) is 2.03. The lowest BCUT2D eigenvalue weighted by atomic mass is 10.1. The molecule has 27 heavy (non-hydrogen) atoms. The molecule has 0 bridgehead atoms. The van der Waals surface area contributed by atoms with Crippen LogP contribution in [0, 0.1) is 0 Å². The molecule has 1 heterocycles. The van der Waals surface area contributed by atoms with Crippen molar-refractivity contribution in [3.63, 3.8) is 0 Å². The first-order valence-corrected chi connectivity index (χ1v) is 8.89. The van der Waals surface area contributed by atoms with Crippen LogP contribution in [0.2, 0.25) is 0 Å². The van der Waals surface area contributed by atoms with Gasteiger partial charge in [-0.1, -0.05) is 18.2 Å². The van der Waals surface area contributed by atoms with Gasteiger partial charge in [-0.25, -0.2) is 0 Å². The van der Waals surface area contributed by atoms with Gasteiger partial charge >= 0.3 is 0 Å². The fourth-order valence-electron chi connectivity index (χ4n) is 2.68. The van der Waals surface area contributed by atoms with Gasteiger partial charge in [-0.05, 0) is 42.3 Å². The summed E-state index contributed by atoms with van der Waals surface area (Å²) in [4.78, 5) is 16.0. The third kappa shape index (κ3) is 4.91. The van der Waals surface area contributed by atoms with E-state index in [4.69, 9.17) is 9.47 Å². The zero-order valence-corrected chi connectivity index (χ0v) is 15.5. The molecule has 0 saturated heterocycles. The zero-order chi connectivity index (χ0) is 19.1. The van der Waals surface area contributed by atoms with Crippen LogP contribution < -0.4 is 25.4 Å². The molecule has 0 spiro atoms. The van der Waals surface area contributed by atoms with Gasteiger partial charge in [0.25, 0.3) is 5.91 Å². The molecule has 1 amide bonds. The minimum absolute atomic E-state index is 0.0572. The number of benzene rings is 2. The van der Waals surface area contributed by atoms with Gasteiger partial charge in [0.1, 0.15) is 0 Å². The highest BCUT2D eigenvalue weighted by Gasteiger charge is 2.13. The number of rotatable bonds is 6. The fourth-order valence-corrected chi connectivity index (χ4v) is 2.68. The van der Waals surface area contributed by atoms with Crippen molar-refractivity contribution in [3.8, 4) is 11.5 Å². The van der Waals surface area contributed by atoms with Gasteiger partial charge in [0.15, 0.2) is 17.5 Å². The second kappa shape index (κ2) is 8.93. The Morgan fingerprint density at radius 2 is 1.63 bits per heavy atom. The number of ether oxygens (including phenoxy) is 2. The summed E-state index contributed by atoms with van der Waals surface area (Å²) in [5, 5.41) is 9.32. The van der Waals surface area contributed by atoms with E-state index in [0.717, 1.165) is 22.6 Å². The Labute approximate surface area is 158 Å². The average Bonchev–Trinajstić information content (AvgIpc) is 3.16. The molecule has 1 aliphatic rings. The first kappa shape index (κ1) is 18.6. The van der Waals surface area contributed by atoms with Crippen LogP contribution in [-0.2, 0) is 13.1 Å². The molecular formula is C20H24N4O3. The quantitative estimate of drug-likeness (QED) is 0.537. The molecule has 0 radical (unpaired) electrons. The molecule has 2 aromatic rings. The molecule has 3 N–H and O–H groups in total. The minimum Gasteiger partial charge on any atom is -0.454 e. The van der Waals surface area contributed by atoms with Gasteiger partial charge in [-0.3, -0.25) is 9.79 Å². The summed E-state index contributed by atoms with van der Waals surface area (Å²) in [5.74, 6) is 2.18. The van der Waals surface area contributed by atoms with Crippen LogP contribution in [0.4, 0.5) is 0 Å². The van der Waals surface area contributed by atoms with Crippen molar-refractivity contribution < 1.29 is 14.3 Å². The van der Waals surface area contributed by atoms with Gasteiger partial charge < -0.3 is 25.4 Å². The summed E-state index contributed by atoms with van der Waals surface area (Å²) in [6.07, 6.45) is 0. The van der Waals surface area contributed by atoms with Gasteiger partial charge in [0, 0.05) is 32.2 Å². The van der Waals surface area contributed by atoms with Crippen LogP contribution in [0.15, 0.2) is 47.5 Å². The Balaban J connectivity index is 1.50. The number of hydrogen-bond acceptors (Lipinski definition) is 4. The number of aliphatic imine (C=N–C) groups is 1. The van der Waals surface area contributed by atoms with E-state index >= 15 is 0 Å². The second-order valence-corrected chi connectivity index (χ2v) is 6.02. The highest BCUT2D eigenvalue weighted by Crippen LogP contribution is 2.32. The highest BCUT2D eigenvalue weighted by atomic mass is 16.7. The molecule has 3 rings (SSSR count). The Kier molecular flexibility index (Phi) is 6.14. The molecule has 142 valence electrons. The van der Waals surface area contributed by atoms with Crippen LogP contribution in [0.25, 0.3) is 0 Å². The maximum Gasteiger partial charge on any atom is 0.251 e. The normalized spacial score (nSPS) is 12.6. The van der Waals surface area contributed by atoms with E-state index in [1.165, 1.54) is 0 Å². The van der Waals surface area contributed by atoms with Crippen LogP contribution in [-0.4, -0.2) is 32.3 Å². The largest absolute Gasteiger partial charge is 0.454 e. The molecule has 0 aliphatic carbocycles. The number of fused-ring (bicyclic) bond motifs is 1. The van der Waals surface area contributed by atoms with Crippen molar-refractivity contribution in [1.29, 1.82) is 0 Å². The van der Waals surface area contributed by atoms with Crippen molar-refractivity contribution in [2.24, 2.45) is 4.99 Å². The second-order valence-electron chi connectivity index (χ2n) is 6.02. The molecule has 7 nitrogen and oxygen atoms in total. The third-order valence-electron chi connectivity index (χ3n) is 4.13. The van der Waals surface area contributed by atoms with Gasteiger partial charge in [0.05, 0.1) is 0 Å². The summed E-state index contributed by atoms with van der Waals surface area (Å²) in [6.45, 7) is 4.02. The lowest BCUT2D eigenvalue weighted by Crippen LogP contribution is -2.36. The number of nitrogens with one attached hydrogen (secondary N) is 3. The molecule has 0 fully saturated rings. The maximum atomic E-state index is 11.8. The average molecular weight is 368 g/mol. The van der Waals surface area contributed by atoms with Crippen molar-refractivity contribution in [2.75, 3.05) is 20.4 Å². The Morgan fingerprint density at radius 1 is 0.963 bits per heavy atom. The smallest absolute Gasteiger partial charge is 0.251 e. The van der Waals surface area contributed by atoms with E-state index in [1.54, 1.807) is 7.05 Å². The van der Waals surface area contributed by atoms with Gasteiger partial charge in [-0.2, -0.15) is 0 Å². The van der Waals surface area contributed by atoms with Crippen LogP contribution in [0.1, 0.15) is 28.4 Å². The molecular weight excluding hydrogens is 344 g/mol. The Bertz CT molecular complexity index is 818. The summed E-state index contributed by atoms with van der Waals surface area (Å²) >= 11 is 0. The standard InChI is InChI=1S/C20H24N4O3/c1-3-22-19(25)16-7-4-14(5-8-16)11-23-20(21-2)24-12-15-6-9-17-18(10-15)27-13-26-17/h4-10H,3,11-13H2,1-2H3,(H,22,25)(H2,21,23,24). The summed E-state index contributed by atoms with van der Waals surface area (Å²) in [6, 6.07) is 13.4. The zero-order valence-electron chi connectivity index (χ0n) is 15.5. The van der Waals surface area contributed by atoms with Crippen LogP contribution in [0.3, 0.4) is 0 Å². The Hall–Kier alpha value is -3.22. The maximum absolute atomic E-state index is 11.8. The van der Waals surface area contributed by atoms with Gasteiger partial charge in [-0.15, -0.1) is 0 Å². The number of guanidine groups is 1. The number of amides is 1. The lowest BCUT2D eigenvalue weighted by Gasteiger charge is -2.12. The number of carbonyl (C=O) groups excluding carboxylic acids is 1.